The maximum Gasteiger partial charge on any atom is 0.338 e. The standard InChI is InChI=1S/C23H24N2O3/c1-5-28-23(26)18-10-12-20(13-11-18)25-16(2)14-19(17(25)3)15-24-21-8-6-7-9-22(21)27-4/h6-15H,5H2,1-4H3. The van der Waals surface area contributed by atoms with Gasteiger partial charge in [0.25, 0.3) is 0 Å². The molecule has 0 amide bonds. The number of aromatic nitrogens is 1. The quantitative estimate of drug-likeness (QED) is 0.448. The third-order valence-corrected chi connectivity index (χ3v) is 4.53. The lowest BCUT2D eigenvalue weighted by Gasteiger charge is -2.10. The highest BCUT2D eigenvalue weighted by Gasteiger charge is 2.11. The fraction of sp³-hybridized carbons (Fsp3) is 0.217. The molecular formula is C23H24N2O3. The molecule has 0 atom stereocenters. The Morgan fingerprint density at radius 1 is 1.11 bits per heavy atom. The van der Waals surface area contributed by atoms with Crippen LogP contribution in [0.25, 0.3) is 5.69 Å². The Hall–Kier alpha value is -3.34. The second-order valence-electron chi connectivity index (χ2n) is 6.36. The molecule has 0 saturated carbocycles. The number of hydrogen-bond donors (Lipinski definition) is 0. The summed E-state index contributed by atoms with van der Waals surface area (Å²) in [4.78, 5) is 16.4. The Morgan fingerprint density at radius 2 is 1.82 bits per heavy atom. The number of carbonyl (C=O) groups is 1. The van der Waals surface area contributed by atoms with E-state index in [1.54, 1.807) is 26.2 Å². The summed E-state index contributed by atoms with van der Waals surface area (Å²) in [6.07, 6.45) is 1.85. The molecule has 28 heavy (non-hydrogen) atoms. The van der Waals surface area contributed by atoms with Crippen LogP contribution in [0.15, 0.2) is 59.6 Å². The molecule has 0 aliphatic rings. The van der Waals surface area contributed by atoms with E-state index in [4.69, 9.17) is 9.47 Å². The zero-order valence-electron chi connectivity index (χ0n) is 16.6. The van der Waals surface area contributed by atoms with Crippen LogP contribution in [0, 0.1) is 13.8 Å². The van der Waals surface area contributed by atoms with Gasteiger partial charge in [-0.25, -0.2) is 4.79 Å². The second kappa shape index (κ2) is 8.57. The molecular weight excluding hydrogens is 352 g/mol. The highest BCUT2D eigenvalue weighted by molar-refractivity contribution is 5.89. The predicted molar refractivity (Wildman–Crippen MR) is 111 cm³/mol. The van der Waals surface area contributed by atoms with Crippen LogP contribution in [0.5, 0.6) is 5.75 Å². The number of hydrogen-bond acceptors (Lipinski definition) is 4. The predicted octanol–water partition coefficient (Wildman–Crippen LogP) is 5.03. The smallest absolute Gasteiger partial charge is 0.338 e. The van der Waals surface area contributed by atoms with Crippen molar-refractivity contribution in [2.24, 2.45) is 4.99 Å². The van der Waals surface area contributed by atoms with Gasteiger partial charge in [-0.05, 0) is 63.2 Å². The van der Waals surface area contributed by atoms with Gasteiger partial charge in [-0.2, -0.15) is 0 Å². The monoisotopic (exact) mass is 376 g/mol. The summed E-state index contributed by atoms with van der Waals surface area (Å²) >= 11 is 0. The van der Waals surface area contributed by atoms with E-state index in [1.807, 2.05) is 49.5 Å². The summed E-state index contributed by atoms with van der Waals surface area (Å²) < 4.78 is 12.5. The van der Waals surface area contributed by atoms with Gasteiger partial charge in [0.2, 0.25) is 0 Å². The zero-order chi connectivity index (χ0) is 20.1. The van der Waals surface area contributed by atoms with Gasteiger partial charge < -0.3 is 14.0 Å². The Morgan fingerprint density at radius 3 is 2.50 bits per heavy atom. The lowest BCUT2D eigenvalue weighted by atomic mass is 10.2. The van der Waals surface area contributed by atoms with E-state index in [9.17, 15) is 4.79 Å². The van der Waals surface area contributed by atoms with E-state index >= 15 is 0 Å². The molecule has 0 fully saturated rings. The van der Waals surface area contributed by atoms with Crippen molar-refractivity contribution >= 4 is 17.9 Å². The van der Waals surface area contributed by atoms with E-state index in [1.165, 1.54) is 0 Å². The fourth-order valence-corrected chi connectivity index (χ4v) is 3.15. The SMILES string of the molecule is CCOC(=O)c1ccc(-n2c(C)cc(C=Nc3ccccc3OC)c2C)cc1. The third kappa shape index (κ3) is 3.98. The van der Waals surface area contributed by atoms with Crippen LogP contribution in [-0.2, 0) is 4.74 Å². The molecule has 1 aromatic heterocycles. The number of carbonyl (C=O) groups excluding carboxylic acids is 1. The van der Waals surface area contributed by atoms with Gasteiger partial charge in [-0.3, -0.25) is 4.99 Å². The summed E-state index contributed by atoms with van der Waals surface area (Å²) in [6, 6.07) is 17.2. The van der Waals surface area contributed by atoms with Crippen LogP contribution >= 0.6 is 0 Å². The normalized spacial score (nSPS) is 11.0. The summed E-state index contributed by atoms with van der Waals surface area (Å²) in [5.74, 6) is 0.432. The molecule has 0 aliphatic heterocycles. The molecule has 0 N–H and O–H groups in total. The maximum absolute atomic E-state index is 11.8. The van der Waals surface area contributed by atoms with Gasteiger partial charge in [0, 0.05) is 28.9 Å². The van der Waals surface area contributed by atoms with Crippen LogP contribution in [0.3, 0.4) is 0 Å². The molecule has 0 aliphatic carbocycles. The lowest BCUT2D eigenvalue weighted by Crippen LogP contribution is -2.05. The molecule has 5 heteroatoms. The Labute approximate surface area is 165 Å². The van der Waals surface area contributed by atoms with Crippen molar-refractivity contribution in [3.63, 3.8) is 0 Å². The maximum atomic E-state index is 11.8. The largest absolute Gasteiger partial charge is 0.494 e. The molecule has 0 bridgehead atoms. The molecule has 3 rings (SSSR count). The van der Waals surface area contributed by atoms with Gasteiger partial charge >= 0.3 is 5.97 Å². The van der Waals surface area contributed by atoms with Gasteiger partial charge in [0.05, 0.1) is 19.3 Å². The minimum Gasteiger partial charge on any atom is -0.494 e. The van der Waals surface area contributed by atoms with Crippen molar-refractivity contribution in [2.75, 3.05) is 13.7 Å². The third-order valence-electron chi connectivity index (χ3n) is 4.53. The Bertz CT molecular complexity index is 1000. The van der Waals surface area contributed by atoms with Gasteiger partial charge in [0.15, 0.2) is 0 Å². The number of para-hydroxylation sites is 2. The van der Waals surface area contributed by atoms with Gasteiger partial charge in [-0.15, -0.1) is 0 Å². The van der Waals surface area contributed by atoms with Crippen LogP contribution in [-0.4, -0.2) is 30.5 Å². The number of ether oxygens (including phenoxy) is 2. The number of benzene rings is 2. The average Bonchev–Trinajstić information content (AvgIpc) is 3.00. The number of methoxy groups -OCH3 is 1. The molecule has 1 heterocycles. The van der Waals surface area contributed by atoms with Gasteiger partial charge in [0.1, 0.15) is 11.4 Å². The summed E-state index contributed by atoms with van der Waals surface area (Å²) in [7, 11) is 1.64. The summed E-state index contributed by atoms with van der Waals surface area (Å²) in [5, 5.41) is 0. The first-order valence-electron chi connectivity index (χ1n) is 9.18. The molecule has 0 saturated heterocycles. The van der Waals surface area contributed by atoms with Crippen molar-refractivity contribution in [3.05, 3.63) is 77.1 Å². The van der Waals surface area contributed by atoms with Crippen LogP contribution < -0.4 is 4.74 Å². The number of esters is 1. The molecule has 0 radical (unpaired) electrons. The first-order chi connectivity index (χ1) is 13.5. The molecule has 5 nitrogen and oxygen atoms in total. The van der Waals surface area contributed by atoms with Crippen molar-refractivity contribution < 1.29 is 14.3 Å². The lowest BCUT2D eigenvalue weighted by molar-refractivity contribution is 0.0526. The van der Waals surface area contributed by atoms with Gasteiger partial charge in [-0.1, -0.05) is 12.1 Å². The van der Waals surface area contributed by atoms with Crippen molar-refractivity contribution in [2.45, 2.75) is 20.8 Å². The number of aliphatic imine (C=N–C) groups is 1. The highest BCUT2D eigenvalue weighted by Crippen LogP contribution is 2.27. The van der Waals surface area contributed by atoms with E-state index in [0.29, 0.717) is 12.2 Å². The van der Waals surface area contributed by atoms with Crippen LogP contribution in [0.4, 0.5) is 5.69 Å². The Balaban J connectivity index is 1.90. The fourth-order valence-electron chi connectivity index (χ4n) is 3.15. The van der Waals surface area contributed by atoms with Crippen molar-refractivity contribution in [3.8, 4) is 11.4 Å². The van der Waals surface area contributed by atoms with Crippen molar-refractivity contribution in [1.82, 2.24) is 4.57 Å². The molecule has 2 aromatic carbocycles. The topological polar surface area (TPSA) is 52.8 Å². The summed E-state index contributed by atoms with van der Waals surface area (Å²) in [5.41, 5.74) is 5.50. The number of aryl methyl sites for hydroxylation is 1. The first kappa shape index (κ1) is 19.4. The number of nitrogens with zero attached hydrogens (tertiary/aromatic N) is 2. The van der Waals surface area contributed by atoms with E-state index in [-0.39, 0.29) is 5.97 Å². The first-order valence-corrected chi connectivity index (χ1v) is 9.18. The zero-order valence-corrected chi connectivity index (χ0v) is 16.6. The van der Waals surface area contributed by atoms with Crippen LogP contribution in [0.1, 0.15) is 34.2 Å². The minimum absolute atomic E-state index is 0.306. The Kier molecular flexibility index (Phi) is 5.94. The molecule has 3 aromatic rings. The molecule has 0 spiro atoms. The van der Waals surface area contributed by atoms with Crippen molar-refractivity contribution in [1.29, 1.82) is 0 Å². The van der Waals surface area contributed by atoms with E-state index in [0.717, 1.165) is 34.1 Å². The average molecular weight is 376 g/mol. The van der Waals surface area contributed by atoms with E-state index < -0.39 is 0 Å². The summed E-state index contributed by atoms with van der Waals surface area (Å²) in [6.45, 7) is 6.26. The second-order valence-corrected chi connectivity index (χ2v) is 6.36. The van der Waals surface area contributed by atoms with Crippen LogP contribution in [0.2, 0.25) is 0 Å². The minimum atomic E-state index is -0.306. The molecule has 0 unspecified atom stereocenters. The highest BCUT2D eigenvalue weighted by atomic mass is 16.5. The molecule has 144 valence electrons. The number of rotatable bonds is 6. The van der Waals surface area contributed by atoms with E-state index in [2.05, 4.69) is 22.5 Å².